The number of nitrogens with one attached hydrogen (secondary N) is 1. The third kappa shape index (κ3) is 3.64. The molecule has 1 N–H and O–H groups in total. The number of rotatable bonds is 5. The number of carbonyl (C=O) groups excluding carboxylic acids is 1. The normalized spacial score (nSPS) is 19.5. The number of halogens is 1. The molecular weight excluding hydrogens is 307 g/mol. The number of hydrogen-bond donors (Lipinski definition) is 1. The Morgan fingerprint density at radius 2 is 2.00 bits per heavy atom. The minimum Gasteiger partial charge on any atom is -0.354 e. The van der Waals surface area contributed by atoms with Gasteiger partial charge in [-0.2, -0.15) is 4.31 Å². The summed E-state index contributed by atoms with van der Waals surface area (Å²) in [5.41, 5.74) is 0. The van der Waals surface area contributed by atoms with Crippen LogP contribution in [0.1, 0.15) is 26.7 Å². The average Bonchev–Trinajstić information content (AvgIpc) is 2.95. The molecule has 122 valence electrons. The molecule has 0 saturated carbocycles. The van der Waals surface area contributed by atoms with Crippen molar-refractivity contribution in [1.29, 1.82) is 0 Å². The Kier molecular flexibility index (Phi) is 5.18. The molecule has 1 heterocycles. The largest absolute Gasteiger partial charge is 0.354 e. The van der Waals surface area contributed by atoms with E-state index in [9.17, 15) is 17.6 Å². The monoisotopic (exact) mass is 328 g/mol. The van der Waals surface area contributed by atoms with E-state index in [2.05, 4.69) is 5.32 Å². The van der Waals surface area contributed by atoms with Crippen molar-refractivity contribution in [2.75, 3.05) is 13.1 Å². The SMILES string of the molecule is CC(C)CNC(=O)C1CCCN1S(=O)(=O)c1ccc(F)cc1. The number of sulfonamides is 1. The molecule has 0 spiro atoms. The van der Waals surface area contributed by atoms with Crippen molar-refractivity contribution < 1.29 is 17.6 Å². The molecule has 5 nitrogen and oxygen atoms in total. The molecule has 0 aromatic heterocycles. The molecule has 1 amide bonds. The predicted octanol–water partition coefficient (Wildman–Crippen LogP) is 1.75. The van der Waals surface area contributed by atoms with Gasteiger partial charge in [0.1, 0.15) is 11.9 Å². The molecule has 1 fully saturated rings. The standard InChI is InChI=1S/C15H21FN2O3S/c1-11(2)10-17-15(19)14-4-3-9-18(14)22(20,21)13-7-5-12(16)6-8-13/h5-8,11,14H,3-4,9-10H2,1-2H3,(H,17,19). The third-order valence-electron chi connectivity index (χ3n) is 3.61. The van der Waals surface area contributed by atoms with E-state index < -0.39 is 21.9 Å². The fourth-order valence-corrected chi connectivity index (χ4v) is 4.11. The minimum atomic E-state index is -3.78. The Labute approximate surface area is 130 Å². The van der Waals surface area contributed by atoms with E-state index in [1.54, 1.807) is 0 Å². The zero-order valence-electron chi connectivity index (χ0n) is 12.8. The van der Waals surface area contributed by atoms with E-state index in [4.69, 9.17) is 0 Å². The van der Waals surface area contributed by atoms with E-state index in [0.29, 0.717) is 31.8 Å². The Balaban J connectivity index is 2.18. The van der Waals surface area contributed by atoms with E-state index >= 15 is 0 Å². The molecule has 1 unspecified atom stereocenters. The van der Waals surface area contributed by atoms with Gasteiger partial charge in [0.25, 0.3) is 0 Å². The molecular formula is C15H21FN2O3S. The average molecular weight is 328 g/mol. The number of hydrogen-bond acceptors (Lipinski definition) is 3. The first-order valence-corrected chi connectivity index (χ1v) is 8.81. The lowest BCUT2D eigenvalue weighted by Crippen LogP contribution is -2.46. The van der Waals surface area contributed by atoms with Crippen LogP contribution in [0.5, 0.6) is 0 Å². The topological polar surface area (TPSA) is 66.5 Å². The van der Waals surface area contributed by atoms with Crippen LogP contribution in [0.4, 0.5) is 4.39 Å². The van der Waals surface area contributed by atoms with Crippen molar-refractivity contribution in [2.24, 2.45) is 5.92 Å². The van der Waals surface area contributed by atoms with Gasteiger partial charge in [-0.1, -0.05) is 13.8 Å². The van der Waals surface area contributed by atoms with Crippen molar-refractivity contribution >= 4 is 15.9 Å². The van der Waals surface area contributed by atoms with Crippen LogP contribution in [0.15, 0.2) is 29.2 Å². The van der Waals surface area contributed by atoms with Crippen LogP contribution in [0, 0.1) is 11.7 Å². The Morgan fingerprint density at radius 3 is 2.59 bits per heavy atom. The second-order valence-electron chi connectivity index (χ2n) is 5.87. The van der Waals surface area contributed by atoms with Gasteiger partial charge in [0.2, 0.25) is 15.9 Å². The molecule has 1 aliphatic heterocycles. The van der Waals surface area contributed by atoms with Crippen LogP contribution in [0.2, 0.25) is 0 Å². The first kappa shape index (κ1) is 16.9. The highest BCUT2D eigenvalue weighted by Gasteiger charge is 2.39. The van der Waals surface area contributed by atoms with Crippen LogP contribution in [-0.2, 0) is 14.8 Å². The van der Waals surface area contributed by atoms with Crippen molar-refractivity contribution in [3.63, 3.8) is 0 Å². The van der Waals surface area contributed by atoms with E-state index in [0.717, 1.165) is 12.1 Å². The predicted molar refractivity (Wildman–Crippen MR) is 81.2 cm³/mol. The van der Waals surface area contributed by atoms with Crippen molar-refractivity contribution in [1.82, 2.24) is 9.62 Å². The van der Waals surface area contributed by atoms with Gasteiger partial charge in [0.15, 0.2) is 0 Å². The quantitative estimate of drug-likeness (QED) is 0.895. The summed E-state index contributed by atoms with van der Waals surface area (Å²) in [6, 6.07) is 3.99. The van der Waals surface area contributed by atoms with Gasteiger partial charge in [-0.05, 0) is 43.0 Å². The molecule has 1 atom stereocenters. The summed E-state index contributed by atoms with van der Waals surface area (Å²) in [7, 11) is -3.78. The Hall–Kier alpha value is -1.47. The third-order valence-corrected chi connectivity index (χ3v) is 5.53. The molecule has 0 bridgehead atoms. The second kappa shape index (κ2) is 6.75. The highest BCUT2D eigenvalue weighted by molar-refractivity contribution is 7.89. The summed E-state index contributed by atoms with van der Waals surface area (Å²) < 4.78 is 39.4. The maximum Gasteiger partial charge on any atom is 0.243 e. The van der Waals surface area contributed by atoms with Gasteiger partial charge in [0.05, 0.1) is 4.90 Å². The van der Waals surface area contributed by atoms with Gasteiger partial charge < -0.3 is 5.32 Å². The molecule has 2 rings (SSSR count). The summed E-state index contributed by atoms with van der Waals surface area (Å²) in [6.45, 7) is 4.77. The molecule has 1 aromatic carbocycles. The maximum atomic E-state index is 13.0. The summed E-state index contributed by atoms with van der Waals surface area (Å²) in [6.07, 6.45) is 1.14. The lowest BCUT2D eigenvalue weighted by atomic mass is 10.2. The van der Waals surface area contributed by atoms with Crippen LogP contribution >= 0.6 is 0 Å². The first-order chi connectivity index (χ1) is 10.3. The molecule has 1 aliphatic rings. The molecule has 0 radical (unpaired) electrons. The lowest BCUT2D eigenvalue weighted by molar-refractivity contribution is -0.124. The number of carbonyl (C=O) groups is 1. The molecule has 1 saturated heterocycles. The van der Waals surface area contributed by atoms with Gasteiger partial charge >= 0.3 is 0 Å². The second-order valence-corrected chi connectivity index (χ2v) is 7.76. The van der Waals surface area contributed by atoms with Crippen molar-refractivity contribution in [3.8, 4) is 0 Å². The zero-order chi connectivity index (χ0) is 16.3. The highest BCUT2D eigenvalue weighted by atomic mass is 32.2. The number of amides is 1. The summed E-state index contributed by atoms with van der Waals surface area (Å²) in [4.78, 5) is 12.2. The summed E-state index contributed by atoms with van der Waals surface area (Å²) >= 11 is 0. The smallest absolute Gasteiger partial charge is 0.243 e. The van der Waals surface area contributed by atoms with Gasteiger partial charge in [-0.15, -0.1) is 0 Å². The zero-order valence-corrected chi connectivity index (χ0v) is 13.6. The fraction of sp³-hybridized carbons (Fsp3) is 0.533. The van der Waals surface area contributed by atoms with Crippen molar-refractivity contribution in [2.45, 2.75) is 37.6 Å². The highest BCUT2D eigenvalue weighted by Crippen LogP contribution is 2.26. The molecule has 7 heteroatoms. The maximum absolute atomic E-state index is 13.0. The van der Waals surface area contributed by atoms with E-state index in [1.165, 1.54) is 16.4 Å². The van der Waals surface area contributed by atoms with E-state index in [1.807, 2.05) is 13.8 Å². The summed E-state index contributed by atoms with van der Waals surface area (Å²) in [5.74, 6) is -0.462. The van der Waals surface area contributed by atoms with Crippen LogP contribution in [-0.4, -0.2) is 37.8 Å². The summed E-state index contributed by atoms with van der Waals surface area (Å²) in [5, 5.41) is 2.78. The van der Waals surface area contributed by atoms with Crippen LogP contribution < -0.4 is 5.32 Å². The van der Waals surface area contributed by atoms with Gasteiger partial charge in [-0.3, -0.25) is 4.79 Å². The lowest BCUT2D eigenvalue weighted by Gasteiger charge is -2.23. The van der Waals surface area contributed by atoms with Crippen LogP contribution in [0.25, 0.3) is 0 Å². The van der Waals surface area contributed by atoms with Gasteiger partial charge in [0, 0.05) is 13.1 Å². The van der Waals surface area contributed by atoms with Gasteiger partial charge in [-0.25, -0.2) is 12.8 Å². The molecule has 22 heavy (non-hydrogen) atoms. The van der Waals surface area contributed by atoms with E-state index in [-0.39, 0.29) is 10.8 Å². The fourth-order valence-electron chi connectivity index (χ4n) is 2.45. The van der Waals surface area contributed by atoms with Crippen molar-refractivity contribution in [3.05, 3.63) is 30.1 Å². The Morgan fingerprint density at radius 1 is 1.36 bits per heavy atom. The molecule has 1 aromatic rings. The Bertz CT molecular complexity index is 629. The van der Waals surface area contributed by atoms with Crippen LogP contribution in [0.3, 0.4) is 0 Å². The number of benzene rings is 1. The molecule has 0 aliphatic carbocycles. The first-order valence-electron chi connectivity index (χ1n) is 7.37. The minimum absolute atomic E-state index is 0.0115. The number of nitrogens with zero attached hydrogens (tertiary/aromatic N) is 1.